The van der Waals surface area contributed by atoms with Gasteiger partial charge in [0.05, 0.1) is 6.04 Å². The van der Waals surface area contributed by atoms with Crippen LogP contribution in [0, 0.1) is 11.6 Å². The van der Waals surface area contributed by atoms with Gasteiger partial charge in [0.15, 0.2) is 0 Å². The van der Waals surface area contributed by atoms with Crippen LogP contribution >= 0.6 is 22.9 Å². The largest absolute Gasteiger partial charge is 0.320 e. The number of aromatic nitrogens is 2. The first kappa shape index (κ1) is 21.8. The highest BCUT2D eigenvalue weighted by Crippen LogP contribution is 2.38. The van der Waals surface area contributed by atoms with E-state index in [0.717, 1.165) is 27.8 Å². The van der Waals surface area contributed by atoms with Crippen molar-refractivity contribution in [3.05, 3.63) is 69.1 Å². The molecular formula is C19H15ClF2N4O3S2. The molecule has 0 saturated carbocycles. The van der Waals surface area contributed by atoms with Crippen LogP contribution in [0.2, 0.25) is 5.02 Å². The van der Waals surface area contributed by atoms with Crippen LogP contribution in [0.1, 0.15) is 33.7 Å². The summed E-state index contributed by atoms with van der Waals surface area (Å²) in [6.07, 6.45) is 0.927. The highest BCUT2D eigenvalue weighted by atomic mass is 35.5. The standard InChI is InChI=1S/C19H15ClF2N4O3S2/c20-11-3-6-13(7-4-11)23-17(27)19-25-24-18(30-19)15-2-1-9-26(15)31(28,29)16-10-12(21)5-8-14(16)22/h3-8,10,15H,1-2,9H2,(H,23,27)/t15-/m1/s1. The summed E-state index contributed by atoms with van der Waals surface area (Å²) < 4.78 is 54.7. The lowest BCUT2D eigenvalue weighted by Gasteiger charge is -2.22. The van der Waals surface area contributed by atoms with Gasteiger partial charge in [0, 0.05) is 17.3 Å². The normalized spacial score (nSPS) is 17.1. The predicted octanol–water partition coefficient (Wildman–Crippen LogP) is 4.25. The van der Waals surface area contributed by atoms with Gasteiger partial charge in [-0.1, -0.05) is 22.9 Å². The van der Waals surface area contributed by atoms with Crippen molar-refractivity contribution < 1.29 is 22.0 Å². The number of sulfonamides is 1. The van der Waals surface area contributed by atoms with Crippen molar-refractivity contribution in [2.45, 2.75) is 23.8 Å². The van der Waals surface area contributed by atoms with Gasteiger partial charge in [-0.25, -0.2) is 17.2 Å². The molecule has 1 amide bonds. The van der Waals surface area contributed by atoms with Gasteiger partial charge in [-0.05, 0) is 55.3 Å². The zero-order valence-corrected chi connectivity index (χ0v) is 18.1. The van der Waals surface area contributed by atoms with E-state index >= 15 is 0 Å². The summed E-state index contributed by atoms with van der Waals surface area (Å²) >= 11 is 6.77. The summed E-state index contributed by atoms with van der Waals surface area (Å²) in [5.74, 6) is -2.39. The lowest BCUT2D eigenvalue weighted by Crippen LogP contribution is -2.31. The molecule has 1 N–H and O–H groups in total. The molecule has 162 valence electrons. The number of benzene rings is 2. The van der Waals surface area contributed by atoms with E-state index in [9.17, 15) is 22.0 Å². The third-order valence-corrected chi connectivity index (χ3v) is 7.90. The molecule has 0 aliphatic carbocycles. The first-order chi connectivity index (χ1) is 14.8. The summed E-state index contributed by atoms with van der Waals surface area (Å²) in [4.78, 5) is 11.7. The SMILES string of the molecule is O=C(Nc1ccc(Cl)cc1)c1nnc([C@H]2CCCN2S(=O)(=O)c2cc(F)ccc2F)s1. The monoisotopic (exact) mass is 484 g/mol. The molecule has 7 nitrogen and oxygen atoms in total. The van der Waals surface area contributed by atoms with E-state index in [1.807, 2.05) is 0 Å². The topological polar surface area (TPSA) is 92.3 Å². The number of nitrogens with one attached hydrogen (secondary N) is 1. The number of hydrogen-bond acceptors (Lipinski definition) is 6. The summed E-state index contributed by atoms with van der Waals surface area (Å²) in [5, 5.41) is 11.4. The molecule has 31 heavy (non-hydrogen) atoms. The zero-order chi connectivity index (χ0) is 22.2. The molecule has 0 spiro atoms. The Bertz CT molecular complexity index is 1240. The number of hydrogen-bond donors (Lipinski definition) is 1. The first-order valence-electron chi connectivity index (χ1n) is 9.13. The van der Waals surface area contributed by atoms with Crippen LogP contribution in [0.25, 0.3) is 0 Å². The van der Waals surface area contributed by atoms with Crippen molar-refractivity contribution in [3.8, 4) is 0 Å². The quantitative estimate of drug-likeness (QED) is 0.584. The molecule has 1 aliphatic rings. The minimum atomic E-state index is -4.31. The lowest BCUT2D eigenvalue weighted by molar-refractivity contribution is 0.102. The highest BCUT2D eigenvalue weighted by Gasteiger charge is 2.39. The smallest absolute Gasteiger partial charge is 0.286 e. The Hall–Kier alpha value is -2.47. The van der Waals surface area contributed by atoms with Crippen molar-refractivity contribution in [2.75, 3.05) is 11.9 Å². The van der Waals surface area contributed by atoms with E-state index in [4.69, 9.17) is 11.6 Å². The Morgan fingerprint density at radius 2 is 1.90 bits per heavy atom. The number of amides is 1. The number of carbonyl (C=O) groups excluding carboxylic acids is 1. The van der Waals surface area contributed by atoms with Gasteiger partial charge >= 0.3 is 0 Å². The molecule has 12 heteroatoms. The maximum Gasteiger partial charge on any atom is 0.286 e. The third-order valence-electron chi connectivity index (χ3n) is 4.71. The van der Waals surface area contributed by atoms with Crippen LogP contribution in [0.3, 0.4) is 0 Å². The fourth-order valence-corrected chi connectivity index (χ4v) is 6.07. The minimum absolute atomic E-state index is 0.0473. The van der Waals surface area contributed by atoms with Crippen molar-refractivity contribution in [1.82, 2.24) is 14.5 Å². The maximum absolute atomic E-state index is 14.1. The van der Waals surface area contributed by atoms with Gasteiger partial charge < -0.3 is 5.32 Å². The van der Waals surface area contributed by atoms with E-state index in [-0.39, 0.29) is 11.6 Å². The van der Waals surface area contributed by atoms with E-state index in [2.05, 4.69) is 15.5 Å². The molecule has 2 aromatic carbocycles. The Labute approximate surface area is 185 Å². The van der Waals surface area contributed by atoms with Crippen LogP contribution in [-0.2, 0) is 10.0 Å². The fourth-order valence-electron chi connectivity index (χ4n) is 3.25. The van der Waals surface area contributed by atoms with Gasteiger partial charge in [0.2, 0.25) is 15.0 Å². The number of carbonyl (C=O) groups is 1. The van der Waals surface area contributed by atoms with E-state index < -0.39 is 38.5 Å². The molecule has 1 aromatic heterocycles. The van der Waals surface area contributed by atoms with E-state index in [0.29, 0.717) is 34.6 Å². The Morgan fingerprint density at radius 3 is 2.65 bits per heavy atom. The van der Waals surface area contributed by atoms with Crippen molar-refractivity contribution in [3.63, 3.8) is 0 Å². The number of rotatable bonds is 5. The third kappa shape index (κ3) is 4.45. The van der Waals surface area contributed by atoms with E-state index in [1.54, 1.807) is 24.3 Å². The molecule has 1 atom stereocenters. The van der Waals surface area contributed by atoms with Crippen molar-refractivity contribution >= 4 is 44.6 Å². The molecular weight excluding hydrogens is 470 g/mol. The second-order valence-electron chi connectivity index (χ2n) is 6.75. The second-order valence-corrected chi connectivity index (χ2v) is 10.1. The summed E-state index contributed by atoms with van der Waals surface area (Å²) in [7, 11) is -4.31. The zero-order valence-electron chi connectivity index (χ0n) is 15.8. The van der Waals surface area contributed by atoms with Crippen LogP contribution < -0.4 is 5.32 Å². The maximum atomic E-state index is 14.1. The predicted molar refractivity (Wildman–Crippen MR) is 112 cm³/mol. The summed E-state index contributed by atoms with van der Waals surface area (Å²) in [5.41, 5.74) is 0.512. The van der Waals surface area contributed by atoms with Gasteiger partial charge in [-0.3, -0.25) is 4.79 Å². The Morgan fingerprint density at radius 1 is 1.16 bits per heavy atom. The molecule has 0 bridgehead atoms. The summed E-state index contributed by atoms with van der Waals surface area (Å²) in [6.45, 7) is 0.120. The molecule has 1 aliphatic heterocycles. The van der Waals surface area contributed by atoms with Crippen molar-refractivity contribution in [2.24, 2.45) is 0 Å². The molecule has 0 unspecified atom stereocenters. The molecule has 0 radical (unpaired) electrons. The minimum Gasteiger partial charge on any atom is -0.320 e. The van der Waals surface area contributed by atoms with Crippen LogP contribution in [0.4, 0.5) is 14.5 Å². The van der Waals surface area contributed by atoms with Gasteiger partial charge in [-0.2, -0.15) is 4.31 Å². The summed E-state index contributed by atoms with van der Waals surface area (Å²) in [6, 6.07) is 8.06. The van der Waals surface area contributed by atoms with Gasteiger partial charge in [-0.15, -0.1) is 10.2 Å². The molecule has 2 heterocycles. The Kier molecular flexibility index (Phi) is 6.02. The Balaban J connectivity index is 1.57. The van der Waals surface area contributed by atoms with Gasteiger partial charge in [0.25, 0.3) is 5.91 Å². The molecule has 3 aromatic rings. The second kappa shape index (κ2) is 8.58. The first-order valence-corrected chi connectivity index (χ1v) is 11.8. The lowest BCUT2D eigenvalue weighted by atomic mass is 10.2. The average Bonchev–Trinajstić information content (AvgIpc) is 3.41. The molecule has 4 rings (SSSR count). The highest BCUT2D eigenvalue weighted by molar-refractivity contribution is 7.89. The number of anilines is 1. The average molecular weight is 485 g/mol. The fraction of sp³-hybridized carbons (Fsp3) is 0.211. The van der Waals surface area contributed by atoms with Gasteiger partial charge in [0.1, 0.15) is 21.5 Å². The molecule has 1 fully saturated rings. The van der Waals surface area contributed by atoms with Crippen LogP contribution in [0.5, 0.6) is 0 Å². The number of halogens is 3. The molecule has 1 saturated heterocycles. The number of nitrogens with zero attached hydrogens (tertiary/aromatic N) is 3. The van der Waals surface area contributed by atoms with Crippen LogP contribution in [0.15, 0.2) is 47.4 Å². The van der Waals surface area contributed by atoms with Crippen molar-refractivity contribution in [1.29, 1.82) is 0 Å². The van der Waals surface area contributed by atoms with E-state index in [1.165, 1.54) is 0 Å². The van der Waals surface area contributed by atoms with Crippen LogP contribution in [-0.4, -0.2) is 35.4 Å².